The van der Waals surface area contributed by atoms with Crippen LogP contribution in [0.2, 0.25) is 0 Å². The number of hydrogen-bond acceptors (Lipinski definition) is 2. The van der Waals surface area contributed by atoms with Crippen LogP contribution < -0.4 is 0 Å². The molecule has 4 nitrogen and oxygen atoms in total. The van der Waals surface area contributed by atoms with Crippen molar-refractivity contribution < 1.29 is 8.83 Å². The normalized spacial score (nSPS) is 12.9. The second kappa shape index (κ2) is 14.1. The Balaban J connectivity index is 0.907. The van der Waals surface area contributed by atoms with E-state index in [-0.39, 0.29) is 5.41 Å². The molecule has 1 unspecified atom stereocenters. The molecule has 0 aliphatic heterocycles. The highest BCUT2D eigenvalue weighted by Crippen LogP contribution is 2.41. The lowest BCUT2D eigenvalue weighted by Gasteiger charge is -2.27. The fourth-order valence-corrected chi connectivity index (χ4v) is 10.3. The summed E-state index contributed by atoms with van der Waals surface area (Å²) in [4.78, 5) is 0. The van der Waals surface area contributed by atoms with E-state index in [0.717, 1.165) is 56.3 Å². The maximum absolute atomic E-state index is 6.37. The molecule has 13 rings (SSSR count). The molecular formula is C61H46N2O2. The first-order valence-corrected chi connectivity index (χ1v) is 22.8. The van der Waals surface area contributed by atoms with E-state index >= 15 is 0 Å². The van der Waals surface area contributed by atoms with Crippen LogP contribution in [0.25, 0.3) is 121 Å². The van der Waals surface area contributed by atoms with Crippen molar-refractivity contribution in [2.75, 3.05) is 0 Å². The van der Waals surface area contributed by atoms with E-state index in [2.05, 4.69) is 213 Å². The number of rotatable bonds is 6. The van der Waals surface area contributed by atoms with E-state index < -0.39 is 0 Å². The predicted octanol–water partition coefficient (Wildman–Crippen LogP) is 17.2. The highest BCUT2D eigenvalue weighted by atomic mass is 16.3. The molecule has 4 heteroatoms. The molecule has 312 valence electrons. The SMILES string of the molecule is CC(Cc1ccc2oc3ccc(-c4ccc5c(c4)c4ccccc4n5-c4cccc(-n5c6ccccc6c6cc(-c7ccc8oc9ccccc9c8c7)ccc65)c4)cc3c2c1)C(C)(C)C. The molecule has 4 aromatic heterocycles. The van der Waals surface area contributed by atoms with Crippen molar-refractivity contribution in [3.8, 4) is 33.6 Å². The van der Waals surface area contributed by atoms with E-state index in [1.54, 1.807) is 0 Å². The molecule has 0 bridgehead atoms. The number of hydrogen-bond donors (Lipinski definition) is 0. The average molecular weight is 839 g/mol. The molecule has 65 heavy (non-hydrogen) atoms. The minimum absolute atomic E-state index is 0.248. The fourth-order valence-electron chi connectivity index (χ4n) is 10.3. The van der Waals surface area contributed by atoms with Crippen molar-refractivity contribution in [1.82, 2.24) is 9.13 Å². The maximum Gasteiger partial charge on any atom is 0.135 e. The number of fused-ring (bicyclic) bond motifs is 12. The minimum atomic E-state index is 0.248. The van der Waals surface area contributed by atoms with Crippen LogP contribution in [-0.4, -0.2) is 9.13 Å². The third-order valence-electron chi connectivity index (χ3n) is 14.3. The van der Waals surface area contributed by atoms with Crippen molar-refractivity contribution in [1.29, 1.82) is 0 Å². The maximum atomic E-state index is 6.37. The van der Waals surface area contributed by atoms with Gasteiger partial charge in [0, 0.05) is 54.5 Å². The molecule has 1 atom stereocenters. The summed E-state index contributed by atoms with van der Waals surface area (Å²) in [5.74, 6) is 0.560. The lowest BCUT2D eigenvalue weighted by Crippen LogP contribution is -2.19. The number of furan rings is 2. The van der Waals surface area contributed by atoms with Gasteiger partial charge in [-0.1, -0.05) is 119 Å². The van der Waals surface area contributed by atoms with Crippen LogP contribution in [-0.2, 0) is 6.42 Å². The van der Waals surface area contributed by atoms with Crippen LogP contribution in [0.3, 0.4) is 0 Å². The second-order valence-corrected chi connectivity index (χ2v) is 19.1. The number of nitrogens with zero attached hydrogens (tertiary/aromatic N) is 2. The van der Waals surface area contributed by atoms with Gasteiger partial charge in [-0.05, 0) is 143 Å². The molecule has 0 amide bonds. The zero-order valence-corrected chi connectivity index (χ0v) is 36.9. The van der Waals surface area contributed by atoms with Crippen LogP contribution in [0, 0.1) is 11.3 Å². The molecule has 4 heterocycles. The Bertz CT molecular complexity index is 4050. The van der Waals surface area contributed by atoms with Crippen molar-refractivity contribution in [2.24, 2.45) is 11.3 Å². The van der Waals surface area contributed by atoms with Gasteiger partial charge in [0.05, 0.1) is 22.1 Å². The van der Waals surface area contributed by atoms with Crippen molar-refractivity contribution in [3.63, 3.8) is 0 Å². The van der Waals surface area contributed by atoms with Crippen LogP contribution in [0.4, 0.5) is 0 Å². The van der Waals surface area contributed by atoms with Gasteiger partial charge in [-0.2, -0.15) is 0 Å². The molecule has 0 N–H and O–H groups in total. The first-order chi connectivity index (χ1) is 31.7. The number of para-hydroxylation sites is 3. The van der Waals surface area contributed by atoms with Crippen LogP contribution in [0.15, 0.2) is 197 Å². The second-order valence-electron chi connectivity index (χ2n) is 19.1. The molecule has 0 fully saturated rings. The monoisotopic (exact) mass is 838 g/mol. The fraction of sp³-hybridized carbons (Fsp3) is 0.115. The first kappa shape index (κ1) is 37.7. The Morgan fingerprint density at radius 1 is 0.369 bits per heavy atom. The molecule has 13 aromatic rings. The van der Waals surface area contributed by atoms with Crippen LogP contribution in [0.5, 0.6) is 0 Å². The topological polar surface area (TPSA) is 36.1 Å². The Hall–Kier alpha value is -7.82. The standard InChI is InChI=1S/C61H46N2O2/c1-37(61(2,3)4)30-38-20-27-58-50(31-38)52-35-42(24-29-60(52)65-58)40-22-26-56-49(33-40)46-15-6-9-18-54(46)63(56)44-13-11-12-43(36-44)62-53-17-8-5-14-45(53)48-32-39(21-25-55(48)62)41-23-28-59-51(34-41)47-16-7-10-19-57(47)64-59/h5-29,31-37H,30H2,1-4H3. The van der Waals surface area contributed by atoms with Gasteiger partial charge in [-0.15, -0.1) is 0 Å². The summed E-state index contributed by atoms with van der Waals surface area (Å²) < 4.78 is 17.4. The molecule has 0 saturated heterocycles. The van der Waals surface area contributed by atoms with Gasteiger partial charge in [0.2, 0.25) is 0 Å². The van der Waals surface area contributed by atoms with E-state index in [0.29, 0.717) is 5.92 Å². The summed E-state index contributed by atoms with van der Waals surface area (Å²) in [5.41, 5.74) is 16.9. The van der Waals surface area contributed by atoms with E-state index in [1.165, 1.54) is 76.8 Å². The molecule has 0 spiro atoms. The third-order valence-corrected chi connectivity index (χ3v) is 14.3. The highest BCUT2D eigenvalue weighted by molar-refractivity contribution is 6.13. The van der Waals surface area contributed by atoms with Crippen molar-refractivity contribution in [2.45, 2.75) is 34.1 Å². The summed E-state index contributed by atoms with van der Waals surface area (Å²) in [6, 6.07) is 68.6. The largest absolute Gasteiger partial charge is 0.456 e. The average Bonchev–Trinajstić information content (AvgIpc) is 4.08. The first-order valence-electron chi connectivity index (χ1n) is 22.8. The van der Waals surface area contributed by atoms with Crippen LogP contribution >= 0.6 is 0 Å². The van der Waals surface area contributed by atoms with Crippen LogP contribution in [0.1, 0.15) is 33.3 Å². The minimum Gasteiger partial charge on any atom is -0.456 e. The summed E-state index contributed by atoms with van der Waals surface area (Å²) in [6.07, 6.45) is 1.04. The Morgan fingerprint density at radius 3 is 1.34 bits per heavy atom. The van der Waals surface area contributed by atoms with Gasteiger partial charge in [-0.25, -0.2) is 0 Å². The molecular weight excluding hydrogens is 793 g/mol. The number of aromatic nitrogens is 2. The van der Waals surface area contributed by atoms with Gasteiger partial charge in [-0.3, -0.25) is 0 Å². The van der Waals surface area contributed by atoms with Crippen molar-refractivity contribution >= 4 is 87.5 Å². The van der Waals surface area contributed by atoms with E-state index in [1.807, 2.05) is 12.1 Å². The van der Waals surface area contributed by atoms with Gasteiger partial charge in [0.15, 0.2) is 0 Å². The Morgan fingerprint density at radius 2 is 0.785 bits per heavy atom. The Kier molecular flexibility index (Phi) is 8.17. The third kappa shape index (κ3) is 5.97. The lowest BCUT2D eigenvalue weighted by molar-refractivity contribution is 0.260. The molecule has 0 saturated carbocycles. The molecule has 0 radical (unpaired) electrons. The summed E-state index contributed by atoms with van der Waals surface area (Å²) >= 11 is 0. The van der Waals surface area contributed by atoms with Crippen molar-refractivity contribution in [3.05, 3.63) is 194 Å². The van der Waals surface area contributed by atoms with E-state index in [4.69, 9.17) is 8.83 Å². The zero-order valence-electron chi connectivity index (χ0n) is 36.9. The van der Waals surface area contributed by atoms with Gasteiger partial charge in [0.25, 0.3) is 0 Å². The number of benzene rings is 9. The Labute approximate surface area is 376 Å². The van der Waals surface area contributed by atoms with Gasteiger partial charge in [0.1, 0.15) is 22.3 Å². The summed E-state index contributed by atoms with van der Waals surface area (Å²) in [5, 5.41) is 9.53. The lowest BCUT2D eigenvalue weighted by atomic mass is 9.78. The molecule has 0 aliphatic rings. The highest BCUT2D eigenvalue weighted by Gasteiger charge is 2.22. The molecule has 0 aliphatic carbocycles. The predicted molar refractivity (Wildman–Crippen MR) is 273 cm³/mol. The zero-order chi connectivity index (χ0) is 43.6. The molecule has 9 aromatic carbocycles. The smallest absolute Gasteiger partial charge is 0.135 e. The van der Waals surface area contributed by atoms with E-state index in [9.17, 15) is 0 Å². The van der Waals surface area contributed by atoms with Gasteiger partial charge < -0.3 is 18.0 Å². The summed E-state index contributed by atoms with van der Waals surface area (Å²) in [6.45, 7) is 9.34. The van der Waals surface area contributed by atoms with Gasteiger partial charge >= 0.3 is 0 Å². The summed E-state index contributed by atoms with van der Waals surface area (Å²) in [7, 11) is 0. The quantitative estimate of drug-likeness (QED) is 0.167.